The van der Waals surface area contributed by atoms with Crippen molar-refractivity contribution in [1.29, 1.82) is 0 Å². The lowest BCUT2D eigenvalue weighted by Gasteiger charge is -2.27. The van der Waals surface area contributed by atoms with E-state index in [0.717, 1.165) is 44.2 Å². The molecule has 1 atom stereocenters. The monoisotopic (exact) mass is 394 g/mol. The van der Waals surface area contributed by atoms with Gasteiger partial charge in [0.05, 0.1) is 6.26 Å². The van der Waals surface area contributed by atoms with Gasteiger partial charge < -0.3 is 22.4 Å². The predicted molar refractivity (Wildman–Crippen MR) is 110 cm³/mol. The zero-order valence-corrected chi connectivity index (χ0v) is 19.9. The van der Waals surface area contributed by atoms with Gasteiger partial charge in [0.1, 0.15) is 0 Å². The molecular weight excluding hydrogens is 352 g/mol. The van der Waals surface area contributed by atoms with E-state index in [9.17, 15) is 0 Å². The van der Waals surface area contributed by atoms with E-state index < -0.39 is 17.1 Å². The van der Waals surface area contributed by atoms with E-state index in [0.29, 0.717) is 6.79 Å². The third-order valence-corrected chi connectivity index (χ3v) is 10.7. The highest BCUT2D eigenvalue weighted by atomic mass is 28.4. The molecule has 0 saturated carbocycles. The number of hydrogen-bond acceptors (Lipinski definition) is 5. The number of hydrogen-bond donors (Lipinski definition) is 0. The van der Waals surface area contributed by atoms with Crippen molar-refractivity contribution in [2.75, 3.05) is 27.1 Å². The fourth-order valence-corrected chi connectivity index (χ4v) is 6.42. The van der Waals surface area contributed by atoms with E-state index in [1.165, 1.54) is 0 Å². The summed E-state index contributed by atoms with van der Waals surface area (Å²) in [5.41, 5.74) is 0. The van der Waals surface area contributed by atoms with Crippen molar-refractivity contribution < 1.29 is 22.4 Å². The first-order valence-electron chi connectivity index (χ1n) is 9.66. The summed E-state index contributed by atoms with van der Waals surface area (Å²) >= 11 is 0. The fourth-order valence-electron chi connectivity index (χ4n) is 2.28. The maximum Gasteiger partial charge on any atom is 0.337 e. The van der Waals surface area contributed by atoms with Crippen LogP contribution >= 0.6 is 0 Å². The van der Waals surface area contributed by atoms with Crippen molar-refractivity contribution in [3.8, 4) is 0 Å². The molecule has 5 nitrogen and oxygen atoms in total. The lowest BCUT2D eigenvalue weighted by atomic mass is 10.5. The van der Waals surface area contributed by atoms with Gasteiger partial charge in [-0.25, -0.2) is 0 Å². The molecule has 0 amide bonds. The zero-order chi connectivity index (χ0) is 19.6. The van der Waals surface area contributed by atoms with Gasteiger partial charge in [0.15, 0.2) is 6.79 Å². The van der Waals surface area contributed by atoms with Crippen LogP contribution in [0, 0.1) is 0 Å². The first kappa shape index (κ1) is 27.0. The summed E-state index contributed by atoms with van der Waals surface area (Å²) in [5.74, 6) is 0. The second kappa shape index (κ2) is 17.2. The molecule has 1 unspecified atom stereocenters. The van der Waals surface area contributed by atoms with Crippen molar-refractivity contribution in [3.63, 3.8) is 0 Å². The van der Waals surface area contributed by atoms with Gasteiger partial charge in [0.25, 0.3) is 0 Å². The Kier molecular flexibility index (Phi) is 18.6. The van der Waals surface area contributed by atoms with Crippen molar-refractivity contribution in [1.82, 2.24) is 0 Å². The molecule has 0 rings (SSSR count). The molecule has 0 aromatic rings. The molecule has 0 spiro atoms. The Morgan fingerprint density at radius 3 is 1.76 bits per heavy atom. The van der Waals surface area contributed by atoms with Crippen LogP contribution in [0.2, 0.25) is 24.7 Å². The molecule has 25 heavy (non-hydrogen) atoms. The van der Waals surface area contributed by atoms with E-state index in [1.54, 1.807) is 13.4 Å². The van der Waals surface area contributed by atoms with Gasteiger partial charge >= 0.3 is 17.1 Å². The molecule has 0 radical (unpaired) electrons. The van der Waals surface area contributed by atoms with Crippen LogP contribution in [0.25, 0.3) is 0 Å². The second-order valence-electron chi connectivity index (χ2n) is 5.78. The first-order chi connectivity index (χ1) is 11.9. The van der Waals surface area contributed by atoms with E-state index in [4.69, 9.17) is 22.4 Å². The highest BCUT2D eigenvalue weighted by Gasteiger charge is 2.32. The Morgan fingerprint density at radius 2 is 1.40 bits per heavy atom. The lowest BCUT2D eigenvalue weighted by molar-refractivity contribution is 0.0473. The van der Waals surface area contributed by atoms with Crippen LogP contribution in [0.15, 0.2) is 12.3 Å². The Labute approximate surface area is 158 Å². The second-order valence-corrected chi connectivity index (χ2v) is 13.1. The van der Waals surface area contributed by atoms with Gasteiger partial charge in [-0.05, 0) is 51.0 Å². The third kappa shape index (κ3) is 13.6. The molecular formula is C18H42O5Si2. The predicted octanol–water partition coefficient (Wildman–Crippen LogP) is 5.57. The molecule has 0 bridgehead atoms. The maximum atomic E-state index is 5.68. The largest absolute Gasteiger partial charge is 0.476 e. The van der Waals surface area contributed by atoms with Gasteiger partial charge in [0, 0.05) is 20.3 Å². The molecule has 0 aromatic carbocycles. The maximum absolute atomic E-state index is 5.68. The average molecular weight is 395 g/mol. The molecule has 0 aromatic heterocycles. The van der Waals surface area contributed by atoms with Gasteiger partial charge in [-0.15, -0.1) is 0 Å². The Balaban J connectivity index is 0. The highest BCUT2D eigenvalue weighted by Crippen LogP contribution is 2.17. The third-order valence-electron chi connectivity index (χ3n) is 3.89. The minimum absolute atomic E-state index is 0.299. The van der Waals surface area contributed by atoms with E-state index in [-0.39, 0.29) is 0 Å². The summed E-state index contributed by atoms with van der Waals surface area (Å²) < 4.78 is 27.5. The lowest BCUT2D eigenvalue weighted by Crippen LogP contribution is -2.40. The van der Waals surface area contributed by atoms with Crippen LogP contribution in [-0.4, -0.2) is 44.2 Å². The zero-order valence-electron chi connectivity index (χ0n) is 17.9. The molecule has 0 aliphatic rings. The molecule has 0 heterocycles. The van der Waals surface area contributed by atoms with Crippen molar-refractivity contribution >= 4 is 17.1 Å². The Bertz CT molecular complexity index is 304. The first-order valence-corrected chi connectivity index (χ1v) is 14.4. The van der Waals surface area contributed by atoms with Crippen molar-refractivity contribution in [2.24, 2.45) is 0 Å². The number of allylic oxidation sites excluding steroid dienone is 1. The number of ether oxygens (including phenoxy) is 1. The van der Waals surface area contributed by atoms with E-state index >= 15 is 0 Å². The van der Waals surface area contributed by atoms with E-state index in [2.05, 4.69) is 34.2 Å². The van der Waals surface area contributed by atoms with Gasteiger partial charge in [-0.1, -0.05) is 34.1 Å². The summed E-state index contributed by atoms with van der Waals surface area (Å²) in [5, 5.41) is 0. The average Bonchev–Trinajstić information content (AvgIpc) is 2.62. The van der Waals surface area contributed by atoms with Crippen LogP contribution in [0.3, 0.4) is 0 Å². The van der Waals surface area contributed by atoms with Crippen molar-refractivity contribution in [2.45, 2.75) is 79.1 Å². The van der Waals surface area contributed by atoms with Crippen LogP contribution in [0.1, 0.15) is 54.4 Å². The minimum atomic E-state index is -1.94. The summed E-state index contributed by atoms with van der Waals surface area (Å²) in [7, 11) is -1.97. The molecule has 0 fully saturated rings. The molecule has 0 aliphatic heterocycles. The molecule has 152 valence electrons. The van der Waals surface area contributed by atoms with Crippen LogP contribution in [-0.2, 0) is 22.4 Å². The van der Waals surface area contributed by atoms with Crippen LogP contribution in [0.4, 0.5) is 0 Å². The summed E-state index contributed by atoms with van der Waals surface area (Å²) in [6.45, 7) is 16.5. The molecule has 7 heteroatoms. The summed E-state index contributed by atoms with van der Waals surface area (Å²) in [6, 6.07) is 3.13. The molecule has 0 saturated heterocycles. The van der Waals surface area contributed by atoms with Crippen LogP contribution in [0.5, 0.6) is 0 Å². The van der Waals surface area contributed by atoms with E-state index in [1.807, 2.05) is 19.9 Å². The minimum Gasteiger partial charge on any atom is -0.476 e. The van der Waals surface area contributed by atoms with Gasteiger partial charge in [0.2, 0.25) is 0 Å². The highest BCUT2D eigenvalue weighted by molar-refractivity contribution is 6.67. The van der Waals surface area contributed by atoms with Crippen molar-refractivity contribution in [3.05, 3.63) is 12.3 Å². The summed E-state index contributed by atoms with van der Waals surface area (Å²) in [6.07, 6.45) is 5.70. The Morgan fingerprint density at radius 1 is 0.840 bits per heavy atom. The summed E-state index contributed by atoms with van der Waals surface area (Å²) in [4.78, 5) is 0. The fraction of sp³-hybridized carbons (Fsp3) is 0.889. The van der Waals surface area contributed by atoms with Crippen LogP contribution < -0.4 is 0 Å². The molecule has 0 N–H and O–H groups in total. The quantitative estimate of drug-likeness (QED) is 0.167. The van der Waals surface area contributed by atoms with Gasteiger partial charge in [-0.2, -0.15) is 0 Å². The topological polar surface area (TPSA) is 46.2 Å². The smallest absolute Gasteiger partial charge is 0.337 e. The molecule has 0 aliphatic carbocycles. The van der Waals surface area contributed by atoms with Gasteiger partial charge in [-0.3, -0.25) is 0 Å². The number of rotatable bonds is 14. The Hall–Kier alpha value is -0.186. The SMILES string of the molecule is CCC=COCO[Si](C)(CCC)OC.CCO[Si](CC)(CC)OCC. The normalized spacial score (nSPS) is 14.1. The standard InChI is InChI=1S/C10H22O3Si.C8H20O2Si/c1-5-7-8-12-10-13-14(4,11-3)9-6-2;1-5-9-11(7-3,8-4)10-6-2/h7-8H,5-6,9-10H2,1-4H3;5-8H2,1-4H3.